The predicted molar refractivity (Wildman–Crippen MR) is 214 cm³/mol. The van der Waals surface area contributed by atoms with Crippen molar-refractivity contribution in [3.05, 3.63) is 192 Å². The smallest absolute Gasteiger partial charge is 0.0346 e. The topological polar surface area (TPSA) is 12.9 Å². The van der Waals surface area contributed by atoms with Crippen LogP contribution in [-0.2, 0) is 6.42 Å². The Balaban J connectivity index is 1.13. The van der Waals surface area contributed by atoms with E-state index >= 15 is 0 Å². The summed E-state index contributed by atoms with van der Waals surface area (Å²) in [6.07, 6.45) is 18.4. The molecule has 4 aliphatic carbocycles. The molecule has 1 aromatic heterocycles. The highest BCUT2D eigenvalue weighted by atomic mass is 14.6. The summed E-state index contributed by atoms with van der Waals surface area (Å²) in [5, 5.41) is 2.74. The number of pyridine rings is 1. The molecule has 0 aliphatic heterocycles. The second-order valence-electron chi connectivity index (χ2n) is 14.1. The third-order valence-electron chi connectivity index (χ3n) is 11.4. The molecule has 0 atom stereocenters. The van der Waals surface area contributed by atoms with Crippen LogP contribution in [-0.4, -0.2) is 4.98 Å². The van der Waals surface area contributed by atoms with Gasteiger partial charge in [-0.05, 0) is 154 Å². The first kappa shape index (κ1) is 28.5. The van der Waals surface area contributed by atoms with E-state index in [4.69, 9.17) is 0 Å². The summed E-state index contributed by atoms with van der Waals surface area (Å²) in [6.45, 7) is 0. The van der Waals surface area contributed by atoms with Crippen molar-refractivity contribution >= 4 is 27.5 Å². The van der Waals surface area contributed by atoms with Crippen LogP contribution in [0.3, 0.4) is 0 Å². The number of hydrogen-bond donors (Lipinski definition) is 0. The quantitative estimate of drug-likeness (QED) is 0.185. The molecule has 1 nitrogen and oxygen atoms in total. The van der Waals surface area contributed by atoms with Crippen LogP contribution in [0.5, 0.6) is 0 Å². The zero-order valence-corrected chi connectivity index (χ0v) is 28.2. The van der Waals surface area contributed by atoms with Gasteiger partial charge in [0.15, 0.2) is 0 Å². The average molecular weight is 648 g/mol. The molecule has 0 N–H and O–H groups in total. The van der Waals surface area contributed by atoms with Crippen molar-refractivity contribution in [1.29, 1.82) is 0 Å². The number of aromatic nitrogens is 1. The molecule has 238 valence electrons. The van der Waals surface area contributed by atoms with Crippen molar-refractivity contribution in [1.82, 2.24) is 4.98 Å². The Labute approximate surface area is 298 Å². The zero-order chi connectivity index (χ0) is 33.5. The first-order valence-corrected chi connectivity index (χ1v) is 18.1. The Morgan fingerprint density at radius 1 is 0.510 bits per heavy atom. The van der Waals surface area contributed by atoms with Crippen LogP contribution in [0.1, 0.15) is 40.7 Å². The molecule has 0 amide bonds. The normalized spacial score (nSPS) is 14.7. The average Bonchev–Trinajstić information content (AvgIpc) is 3.59. The number of fused-ring (bicyclic) bond motifs is 5. The van der Waals surface area contributed by atoms with Gasteiger partial charge in [0.1, 0.15) is 0 Å². The van der Waals surface area contributed by atoms with Crippen molar-refractivity contribution in [3.63, 3.8) is 0 Å². The number of hydrogen-bond acceptors (Lipinski definition) is 1. The largest absolute Gasteiger partial charge is 0.264 e. The monoisotopic (exact) mass is 647 g/mol. The molecule has 1 heterocycles. The van der Waals surface area contributed by atoms with Crippen LogP contribution in [0.15, 0.2) is 164 Å². The van der Waals surface area contributed by atoms with E-state index in [1.54, 1.807) is 0 Å². The molecule has 0 saturated heterocycles. The van der Waals surface area contributed by atoms with Gasteiger partial charge >= 0.3 is 0 Å². The van der Waals surface area contributed by atoms with E-state index in [9.17, 15) is 0 Å². The van der Waals surface area contributed by atoms with Gasteiger partial charge in [0.25, 0.3) is 0 Å². The van der Waals surface area contributed by atoms with Crippen molar-refractivity contribution in [2.75, 3.05) is 0 Å². The van der Waals surface area contributed by atoms with Gasteiger partial charge in [-0.1, -0.05) is 127 Å². The molecular weight excluding hydrogens is 615 g/mol. The summed E-state index contributed by atoms with van der Waals surface area (Å²) in [6, 6.07) is 45.6. The summed E-state index contributed by atoms with van der Waals surface area (Å²) >= 11 is 0. The van der Waals surface area contributed by atoms with Crippen LogP contribution >= 0.6 is 0 Å². The highest BCUT2D eigenvalue weighted by Crippen LogP contribution is 2.51. The molecule has 7 aromatic rings. The minimum atomic E-state index is 0.900. The van der Waals surface area contributed by atoms with Crippen LogP contribution in [0.2, 0.25) is 0 Å². The molecule has 0 spiro atoms. The standard InChI is InChI=1S/C50H33N/c1-3-12-41-39(10-1)45-15-6-5-14-43-37(22-24-47(41)49(43)45)35-27-34(32-20-18-31(19-21-32)33-9-8-26-51-30-33)28-36(29-35)38-23-25-48-42-13-4-2-11-40(42)46-17-7-16-44(38)50(46)48/h1,3-10,12-13,15-30H,2,11,14H2. The molecule has 11 rings (SSSR count). The van der Waals surface area contributed by atoms with Crippen molar-refractivity contribution in [3.8, 4) is 55.6 Å². The number of allylic oxidation sites excluding steroid dienone is 7. The van der Waals surface area contributed by atoms with Crippen molar-refractivity contribution in [2.24, 2.45) is 0 Å². The molecule has 0 fully saturated rings. The molecular formula is C50H33N. The zero-order valence-electron chi connectivity index (χ0n) is 28.2. The minimum Gasteiger partial charge on any atom is -0.264 e. The molecule has 1 heteroatoms. The van der Waals surface area contributed by atoms with Gasteiger partial charge in [-0.2, -0.15) is 0 Å². The lowest BCUT2D eigenvalue weighted by Gasteiger charge is -2.18. The van der Waals surface area contributed by atoms with Crippen LogP contribution < -0.4 is 0 Å². The van der Waals surface area contributed by atoms with E-state index in [2.05, 4.69) is 151 Å². The van der Waals surface area contributed by atoms with Crippen molar-refractivity contribution in [2.45, 2.75) is 19.3 Å². The third kappa shape index (κ3) is 4.31. The van der Waals surface area contributed by atoms with E-state index < -0.39 is 0 Å². The maximum atomic E-state index is 4.35. The fourth-order valence-corrected chi connectivity index (χ4v) is 9.10. The minimum absolute atomic E-state index is 0.900. The summed E-state index contributed by atoms with van der Waals surface area (Å²) in [7, 11) is 0. The molecule has 4 aliphatic rings. The highest BCUT2D eigenvalue weighted by molar-refractivity contribution is 6.19. The summed E-state index contributed by atoms with van der Waals surface area (Å²) in [5.74, 6) is 0. The van der Waals surface area contributed by atoms with Crippen LogP contribution in [0.4, 0.5) is 0 Å². The molecule has 0 saturated carbocycles. The lowest BCUT2D eigenvalue weighted by Crippen LogP contribution is -1.96. The highest BCUT2D eigenvalue weighted by Gasteiger charge is 2.29. The molecule has 51 heavy (non-hydrogen) atoms. The van der Waals surface area contributed by atoms with Gasteiger partial charge in [0.2, 0.25) is 0 Å². The van der Waals surface area contributed by atoms with E-state index in [1.165, 1.54) is 105 Å². The Kier molecular flexibility index (Phi) is 6.21. The maximum absolute atomic E-state index is 4.35. The van der Waals surface area contributed by atoms with Crippen molar-refractivity contribution < 1.29 is 0 Å². The van der Waals surface area contributed by atoms with E-state index in [0.29, 0.717) is 0 Å². The van der Waals surface area contributed by atoms with Gasteiger partial charge in [-0.25, -0.2) is 0 Å². The Bertz CT molecular complexity index is 2730. The fraction of sp³-hybridized carbons (Fsp3) is 0.0600. The second kappa shape index (κ2) is 11.1. The summed E-state index contributed by atoms with van der Waals surface area (Å²) < 4.78 is 0. The van der Waals surface area contributed by atoms with Gasteiger partial charge in [-0.3, -0.25) is 4.98 Å². The molecule has 6 aromatic carbocycles. The van der Waals surface area contributed by atoms with Crippen LogP contribution in [0, 0.1) is 0 Å². The summed E-state index contributed by atoms with van der Waals surface area (Å²) in [4.78, 5) is 4.35. The lowest BCUT2D eigenvalue weighted by atomic mass is 9.86. The Morgan fingerprint density at radius 2 is 1.25 bits per heavy atom. The van der Waals surface area contributed by atoms with Gasteiger partial charge in [0.05, 0.1) is 0 Å². The molecule has 0 radical (unpaired) electrons. The van der Waals surface area contributed by atoms with Crippen LogP contribution in [0.25, 0.3) is 83.1 Å². The maximum Gasteiger partial charge on any atom is 0.0346 e. The lowest BCUT2D eigenvalue weighted by molar-refractivity contribution is 1.06. The Hall–Kier alpha value is -6.31. The second-order valence-corrected chi connectivity index (χ2v) is 14.1. The van der Waals surface area contributed by atoms with Gasteiger partial charge in [-0.15, -0.1) is 0 Å². The fourth-order valence-electron chi connectivity index (χ4n) is 9.10. The van der Waals surface area contributed by atoms with E-state index in [-0.39, 0.29) is 0 Å². The molecule has 0 unspecified atom stereocenters. The Morgan fingerprint density at radius 3 is 2.12 bits per heavy atom. The van der Waals surface area contributed by atoms with E-state index in [1.807, 2.05) is 18.5 Å². The first-order valence-electron chi connectivity index (χ1n) is 18.1. The third-order valence-corrected chi connectivity index (χ3v) is 11.4. The SMILES string of the molecule is C1=CCc2c(-c3cc(-c4ccc(-c5cccnc5)cc4)cc(-c4ccc5c6c(cccc46)C4=C5C=CCC4)c3)ccc3c2C(=C1)c1ccccc1-3. The number of nitrogens with zero attached hydrogens (tertiary/aromatic N) is 1. The number of rotatable bonds is 4. The van der Waals surface area contributed by atoms with Gasteiger partial charge in [0, 0.05) is 12.4 Å². The predicted octanol–water partition coefficient (Wildman–Crippen LogP) is 13.0. The summed E-state index contributed by atoms with van der Waals surface area (Å²) in [5.41, 5.74) is 23.7. The number of benzene rings is 6. The van der Waals surface area contributed by atoms with E-state index in [0.717, 1.165) is 24.8 Å². The molecule has 0 bridgehead atoms. The first-order chi connectivity index (χ1) is 25.3. The van der Waals surface area contributed by atoms with Gasteiger partial charge < -0.3 is 0 Å².